The van der Waals surface area contributed by atoms with Crippen LogP contribution in [0.25, 0.3) is 0 Å². The molecule has 6 nitrogen and oxygen atoms in total. The van der Waals surface area contributed by atoms with E-state index in [0.29, 0.717) is 18.2 Å². The number of aromatic nitrogens is 1. The largest absolute Gasteiger partial charge is 0.446 e. The predicted molar refractivity (Wildman–Crippen MR) is 124 cm³/mol. The number of hydrogen-bond donors (Lipinski definition) is 1. The van der Waals surface area contributed by atoms with Crippen LogP contribution >= 0.6 is 0 Å². The lowest BCUT2D eigenvalue weighted by atomic mass is 10.2. The van der Waals surface area contributed by atoms with Gasteiger partial charge in [-0.15, -0.1) is 0 Å². The van der Waals surface area contributed by atoms with E-state index in [4.69, 9.17) is 13.9 Å². The second-order valence-corrected chi connectivity index (χ2v) is 14.4. The molecule has 1 aliphatic heterocycles. The van der Waals surface area contributed by atoms with Gasteiger partial charge in [-0.25, -0.2) is 4.79 Å². The van der Waals surface area contributed by atoms with Gasteiger partial charge in [-0.3, -0.25) is 5.32 Å². The molecule has 0 bridgehead atoms. The molecule has 31 heavy (non-hydrogen) atoms. The highest BCUT2D eigenvalue weighted by molar-refractivity contribution is 6.74. The molecule has 0 fully saturated rings. The molecule has 0 aliphatic carbocycles. The van der Waals surface area contributed by atoms with E-state index in [1.165, 1.54) is 5.69 Å². The van der Waals surface area contributed by atoms with Gasteiger partial charge in [0.1, 0.15) is 6.61 Å². The number of ether oxygens (including phenoxy) is 2. The van der Waals surface area contributed by atoms with Gasteiger partial charge in [0.05, 0.1) is 13.7 Å². The minimum Gasteiger partial charge on any atom is -0.446 e. The highest BCUT2D eigenvalue weighted by Crippen LogP contribution is 2.37. The number of anilines is 1. The Labute approximate surface area is 186 Å². The maximum absolute atomic E-state index is 12.4. The molecule has 0 radical (unpaired) electrons. The average molecular weight is 444 g/mol. The lowest BCUT2D eigenvalue weighted by molar-refractivity contribution is -0.720. The third-order valence-corrected chi connectivity index (χ3v) is 10.9. The monoisotopic (exact) mass is 443 g/mol. The van der Waals surface area contributed by atoms with Crippen LogP contribution in [0.2, 0.25) is 18.1 Å². The van der Waals surface area contributed by atoms with Crippen molar-refractivity contribution >= 4 is 20.1 Å². The molecule has 0 spiro atoms. The van der Waals surface area contributed by atoms with E-state index in [1.807, 2.05) is 42.5 Å². The summed E-state index contributed by atoms with van der Waals surface area (Å²) >= 11 is 0. The topological polar surface area (TPSA) is 60.7 Å². The van der Waals surface area contributed by atoms with E-state index < -0.39 is 14.4 Å². The van der Waals surface area contributed by atoms with E-state index in [0.717, 1.165) is 18.4 Å². The zero-order chi connectivity index (χ0) is 22.6. The molecular weight excluding hydrogens is 408 g/mol. The SMILES string of the molecule is COc1c(NC(=O)OCc2ccccc2)ccc2[n+]1C(CO[Si](C)(C)C(C)(C)C)CC2. The number of carbonyl (C=O) groups excluding carboxylic acids is 1. The quantitative estimate of drug-likeness (QED) is 0.470. The van der Waals surface area contributed by atoms with Crippen molar-refractivity contribution in [3.63, 3.8) is 0 Å². The molecule has 7 heteroatoms. The molecule has 168 valence electrons. The third kappa shape index (κ3) is 5.46. The van der Waals surface area contributed by atoms with E-state index in [-0.39, 0.29) is 17.7 Å². The first kappa shape index (κ1) is 23.3. The van der Waals surface area contributed by atoms with Crippen LogP contribution in [0, 0.1) is 0 Å². The van der Waals surface area contributed by atoms with Crippen molar-refractivity contribution in [1.29, 1.82) is 0 Å². The summed E-state index contributed by atoms with van der Waals surface area (Å²) in [4.78, 5) is 12.4. The van der Waals surface area contributed by atoms with Crippen molar-refractivity contribution in [3.05, 3.63) is 53.7 Å². The van der Waals surface area contributed by atoms with Gasteiger partial charge in [0.25, 0.3) is 0 Å². The molecule has 1 N–H and O–H groups in total. The number of carbonyl (C=O) groups is 1. The molecule has 2 heterocycles. The van der Waals surface area contributed by atoms with Crippen LogP contribution in [0.1, 0.15) is 44.5 Å². The number of aryl methyl sites for hydroxylation is 1. The number of hydrogen-bond acceptors (Lipinski definition) is 4. The maximum Gasteiger partial charge on any atom is 0.412 e. The van der Waals surface area contributed by atoms with Crippen molar-refractivity contribution in [2.45, 2.75) is 64.4 Å². The van der Waals surface area contributed by atoms with Gasteiger partial charge >= 0.3 is 12.0 Å². The summed E-state index contributed by atoms with van der Waals surface area (Å²) in [7, 11) is -0.216. The van der Waals surface area contributed by atoms with Gasteiger partial charge in [0.15, 0.2) is 25.7 Å². The minimum absolute atomic E-state index is 0.162. The van der Waals surface area contributed by atoms with Crippen molar-refractivity contribution in [3.8, 4) is 5.88 Å². The van der Waals surface area contributed by atoms with Gasteiger partial charge in [-0.2, -0.15) is 4.57 Å². The second-order valence-electron chi connectivity index (χ2n) is 9.57. The van der Waals surface area contributed by atoms with Gasteiger partial charge in [-0.05, 0) is 29.8 Å². The maximum atomic E-state index is 12.4. The molecule has 2 aromatic rings. The minimum atomic E-state index is -1.85. The number of methoxy groups -OCH3 is 1. The van der Waals surface area contributed by atoms with E-state index >= 15 is 0 Å². The number of nitrogens with one attached hydrogen (secondary N) is 1. The van der Waals surface area contributed by atoms with Crippen LogP contribution in [-0.4, -0.2) is 28.1 Å². The summed E-state index contributed by atoms with van der Waals surface area (Å²) in [6.07, 6.45) is 1.45. The van der Waals surface area contributed by atoms with Crippen molar-refractivity contribution in [1.82, 2.24) is 0 Å². The fourth-order valence-corrected chi connectivity index (χ4v) is 4.53. The molecule has 0 saturated carbocycles. The molecule has 3 rings (SSSR count). The summed E-state index contributed by atoms with van der Waals surface area (Å²) in [6, 6.07) is 13.7. The summed E-state index contributed by atoms with van der Waals surface area (Å²) in [6.45, 7) is 12.1. The molecule has 1 amide bonds. The van der Waals surface area contributed by atoms with Crippen LogP contribution in [0.3, 0.4) is 0 Å². The molecule has 1 unspecified atom stereocenters. The number of nitrogens with zero attached hydrogens (tertiary/aromatic N) is 1. The Bertz CT molecular complexity index is 910. The molecule has 1 aliphatic rings. The summed E-state index contributed by atoms with van der Waals surface area (Å²) in [5.41, 5.74) is 2.73. The van der Waals surface area contributed by atoms with E-state index in [9.17, 15) is 4.79 Å². The first-order chi connectivity index (χ1) is 14.6. The Morgan fingerprint density at radius 2 is 1.87 bits per heavy atom. The number of pyridine rings is 1. The van der Waals surface area contributed by atoms with Crippen LogP contribution in [0.4, 0.5) is 10.5 Å². The smallest absolute Gasteiger partial charge is 0.412 e. The Balaban J connectivity index is 1.71. The van der Waals surface area contributed by atoms with Gasteiger partial charge in [0.2, 0.25) is 0 Å². The first-order valence-electron chi connectivity index (χ1n) is 10.9. The second kappa shape index (κ2) is 9.40. The van der Waals surface area contributed by atoms with Gasteiger partial charge in [-0.1, -0.05) is 51.1 Å². The first-order valence-corrected chi connectivity index (χ1v) is 13.8. The predicted octanol–water partition coefficient (Wildman–Crippen LogP) is 5.24. The number of rotatable bonds is 7. The van der Waals surface area contributed by atoms with Crippen LogP contribution < -0.4 is 14.6 Å². The van der Waals surface area contributed by atoms with Crippen molar-refractivity contribution in [2.24, 2.45) is 0 Å². The fraction of sp³-hybridized carbons (Fsp3) is 0.500. The lowest BCUT2D eigenvalue weighted by Gasteiger charge is -2.36. The molecule has 1 atom stereocenters. The zero-order valence-corrected chi connectivity index (χ0v) is 20.5. The number of benzene rings is 1. The van der Waals surface area contributed by atoms with Crippen molar-refractivity contribution in [2.75, 3.05) is 19.0 Å². The fourth-order valence-electron chi connectivity index (χ4n) is 3.49. The van der Waals surface area contributed by atoms with Crippen molar-refractivity contribution < 1.29 is 23.3 Å². The Morgan fingerprint density at radius 3 is 2.52 bits per heavy atom. The molecule has 1 aromatic carbocycles. The summed E-state index contributed by atoms with van der Waals surface area (Å²) < 4.78 is 19.8. The van der Waals surface area contributed by atoms with Crippen LogP contribution in [0.5, 0.6) is 5.88 Å². The summed E-state index contributed by atoms with van der Waals surface area (Å²) in [5.74, 6) is 0.635. The highest BCUT2D eigenvalue weighted by atomic mass is 28.4. The van der Waals surface area contributed by atoms with Gasteiger partial charge in [0, 0.05) is 18.9 Å². The Kier molecular flexibility index (Phi) is 7.06. The molecular formula is C24H35N2O4Si+. The van der Waals surface area contributed by atoms with E-state index in [1.54, 1.807) is 7.11 Å². The Morgan fingerprint density at radius 1 is 1.16 bits per heavy atom. The molecule has 0 saturated heterocycles. The average Bonchev–Trinajstić information content (AvgIpc) is 3.14. The zero-order valence-electron chi connectivity index (χ0n) is 19.5. The van der Waals surface area contributed by atoms with Gasteiger partial charge < -0.3 is 13.9 Å². The van der Waals surface area contributed by atoms with E-state index in [2.05, 4.69) is 43.7 Å². The van der Waals surface area contributed by atoms with Crippen LogP contribution in [-0.2, 0) is 22.2 Å². The number of amides is 1. The third-order valence-electron chi connectivity index (χ3n) is 6.39. The summed E-state index contributed by atoms with van der Waals surface area (Å²) in [5, 5.41) is 3.00. The standard InChI is InChI=1S/C24H34N2O4Si/c1-24(2,3)31(5,6)30-17-20-13-12-19-14-15-21(22(28-4)26(19)20)25-23(27)29-16-18-10-8-7-9-11-18/h7-11,14-15,20H,12-13,16-17H2,1-6H3/p+1. The lowest BCUT2D eigenvalue weighted by Crippen LogP contribution is -2.47. The molecule has 1 aromatic heterocycles. The number of fused-ring (bicyclic) bond motifs is 1. The Hall–Kier alpha value is -2.38. The highest BCUT2D eigenvalue weighted by Gasteiger charge is 2.41. The normalized spacial score (nSPS) is 16.0. The van der Waals surface area contributed by atoms with Crippen LogP contribution in [0.15, 0.2) is 42.5 Å².